The zero-order valence-electron chi connectivity index (χ0n) is 24.3. The van der Waals surface area contributed by atoms with Crippen molar-refractivity contribution < 1.29 is 18.3 Å². The summed E-state index contributed by atoms with van der Waals surface area (Å²) in [4.78, 5) is 16.5. The van der Waals surface area contributed by atoms with Crippen molar-refractivity contribution in [2.24, 2.45) is 16.8 Å². The number of hydrogen-bond donors (Lipinski definition) is 3. The van der Waals surface area contributed by atoms with Gasteiger partial charge in [0.15, 0.2) is 17.3 Å². The molecule has 4 N–H and O–H groups in total. The largest absolute Gasteiger partial charge is 0.454 e. The summed E-state index contributed by atoms with van der Waals surface area (Å²) in [5, 5.41) is 5.92. The number of aromatic nitrogens is 1. The summed E-state index contributed by atoms with van der Waals surface area (Å²) in [6.45, 7) is 11.0. The van der Waals surface area contributed by atoms with Crippen molar-refractivity contribution in [2.75, 3.05) is 22.2 Å². The maximum atomic E-state index is 14.0. The van der Waals surface area contributed by atoms with E-state index in [2.05, 4.69) is 21.4 Å². The van der Waals surface area contributed by atoms with Crippen LogP contribution in [0.25, 0.3) is 0 Å². The summed E-state index contributed by atoms with van der Waals surface area (Å²) >= 11 is 1.43. The number of ketones is 1. The average molecular weight is 594 g/mol. The van der Waals surface area contributed by atoms with E-state index in [0.717, 1.165) is 22.4 Å². The van der Waals surface area contributed by atoms with Gasteiger partial charge in [0, 0.05) is 23.9 Å². The van der Waals surface area contributed by atoms with Gasteiger partial charge < -0.3 is 20.2 Å². The molecule has 1 heterocycles. The van der Waals surface area contributed by atoms with E-state index < -0.39 is 11.7 Å². The molecule has 0 bridgehead atoms. The molecule has 0 radical (unpaired) electrons. The summed E-state index contributed by atoms with van der Waals surface area (Å²) < 4.78 is 35.4. The lowest BCUT2D eigenvalue weighted by Crippen LogP contribution is -2.23. The van der Waals surface area contributed by atoms with Crippen molar-refractivity contribution in [3.05, 3.63) is 107 Å². The first-order chi connectivity index (χ1) is 20.1. The Morgan fingerprint density at radius 2 is 1.93 bits per heavy atom. The molecular formula is C32H37F2N5O2S. The van der Waals surface area contributed by atoms with Crippen LogP contribution in [0, 0.1) is 32.5 Å². The molecule has 10 heteroatoms. The minimum atomic E-state index is -0.598. The number of alkyl halides is 1. The lowest BCUT2D eigenvalue weighted by atomic mass is 10.0. The van der Waals surface area contributed by atoms with Gasteiger partial charge in [-0.1, -0.05) is 36.7 Å². The Bertz CT molecular complexity index is 1490. The van der Waals surface area contributed by atoms with Gasteiger partial charge in [-0.25, -0.2) is 9.40 Å². The van der Waals surface area contributed by atoms with Crippen LogP contribution in [0.5, 0.6) is 11.5 Å². The van der Waals surface area contributed by atoms with Crippen molar-refractivity contribution in [3.8, 4) is 11.5 Å². The Balaban J connectivity index is 1.80. The topological polar surface area (TPSA) is 95.7 Å². The maximum absolute atomic E-state index is 14.0. The zero-order chi connectivity index (χ0) is 30.6. The highest BCUT2D eigenvalue weighted by molar-refractivity contribution is 8.00. The number of aromatic amines is 1. The SMILES string of the molecule is C=C(N)N(/N=C\C(C)C(=O)c1cc(C)cc(C)c(NSCCCF)cc[nH]1)c1ccc(Oc2ccccc2F)cc1C. The number of H-pyrrole nitrogens is 1. The fourth-order valence-electron chi connectivity index (χ4n) is 3.94. The molecule has 222 valence electrons. The number of carbonyl (C=O) groups excluding carboxylic acids is 1. The van der Waals surface area contributed by atoms with Crippen LogP contribution in [-0.4, -0.2) is 29.4 Å². The number of carbonyl (C=O) groups is 1. The van der Waals surface area contributed by atoms with Crippen molar-refractivity contribution in [3.63, 3.8) is 0 Å². The molecule has 0 amide bonds. The van der Waals surface area contributed by atoms with Crippen molar-refractivity contribution >= 4 is 35.3 Å². The third-order valence-electron chi connectivity index (χ3n) is 6.11. The van der Waals surface area contributed by atoms with E-state index in [-0.39, 0.29) is 24.0 Å². The first-order valence-corrected chi connectivity index (χ1v) is 14.4. The highest BCUT2D eigenvalue weighted by Crippen LogP contribution is 2.30. The number of hydrazone groups is 1. The zero-order valence-corrected chi connectivity index (χ0v) is 25.1. The standard InChI is InChI=1S/C32H37F2N5O2S/c1-21-17-22(2)28(38-42-16-8-14-33)13-15-36-29(18-21)32(40)24(4)20-37-39(25(5)35)30-12-11-26(19-23(30)3)41-31-10-7-6-9-27(31)34/h6-7,9-13,15,17-20,24,36,38H,5,8,14,16,35H2,1-4H3/b15-13?,21-17?,28-22?,29-18?,37-20-. The van der Waals surface area contributed by atoms with E-state index in [1.54, 1.807) is 55.6 Å². The van der Waals surface area contributed by atoms with E-state index >= 15 is 0 Å². The van der Waals surface area contributed by atoms with Gasteiger partial charge in [0.05, 0.1) is 24.0 Å². The van der Waals surface area contributed by atoms with Crippen LogP contribution in [0.4, 0.5) is 20.2 Å². The summed E-state index contributed by atoms with van der Waals surface area (Å²) in [6.07, 6.45) is 3.69. The predicted molar refractivity (Wildman–Crippen MR) is 170 cm³/mol. The highest BCUT2D eigenvalue weighted by atomic mass is 32.2. The number of benzene rings is 2. The van der Waals surface area contributed by atoms with Gasteiger partial charge >= 0.3 is 0 Å². The third kappa shape index (κ3) is 9.10. The molecule has 1 aromatic heterocycles. The molecule has 0 aliphatic heterocycles. The average Bonchev–Trinajstić information content (AvgIpc) is 3.01. The number of ether oxygens (including phenoxy) is 1. The van der Waals surface area contributed by atoms with Crippen molar-refractivity contribution in [1.29, 1.82) is 0 Å². The van der Waals surface area contributed by atoms with E-state index in [1.807, 2.05) is 32.9 Å². The van der Waals surface area contributed by atoms with E-state index in [4.69, 9.17) is 10.5 Å². The monoisotopic (exact) mass is 593 g/mol. The molecule has 0 fully saturated rings. The molecular weight excluding hydrogens is 556 g/mol. The first kappa shape index (κ1) is 32.2. The number of halogens is 2. The molecule has 0 aliphatic carbocycles. The van der Waals surface area contributed by atoms with Gasteiger partial charge in [0.1, 0.15) is 11.6 Å². The van der Waals surface area contributed by atoms with Crippen molar-refractivity contribution in [1.82, 2.24) is 4.98 Å². The maximum Gasteiger partial charge on any atom is 0.187 e. The van der Waals surface area contributed by atoms with Crippen LogP contribution in [0.3, 0.4) is 0 Å². The van der Waals surface area contributed by atoms with Gasteiger partial charge in [0.2, 0.25) is 0 Å². The number of para-hydroxylation sites is 1. The van der Waals surface area contributed by atoms with Gasteiger partial charge in [-0.05, 0) is 93.3 Å². The Morgan fingerprint density at radius 1 is 1.17 bits per heavy atom. The Morgan fingerprint density at radius 3 is 2.62 bits per heavy atom. The van der Waals surface area contributed by atoms with Crippen LogP contribution in [0.15, 0.2) is 84.4 Å². The lowest BCUT2D eigenvalue weighted by Gasteiger charge is -2.21. The van der Waals surface area contributed by atoms with Crippen LogP contribution in [-0.2, 0) is 0 Å². The van der Waals surface area contributed by atoms with E-state index in [0.29, 0.717) is 29.3 Å². The van der Waals surface area contributed by atoms with Crippen LogP contribution in [0.2, 0.25) is 0 Å². The van der Waals surface area contributed by atoms with Crippen LogP contribution < -0.4 is 20.2 Å². The van der Waals surface area contributed by atoms with Crippen molar-refractivity contribution in [2.45, 2.75) is 34.1 Å². The Labute approximate surface area is 250 Å². The molecule has 2 aromatic carbocycles. The number of nitrogens with one attached hydrogen (secondary N) is 2. The van der Waals surface area contributed by atoms with Gasteiger partial charge in [0.25, 0.3) is 0 Å². The number of nitrogens with zero attached hydrogens (tertiary/aromatic N) is 2. The predicted octanol–water partition coefficient (Wildman–Crippen LogP) is 8.16. The minimum absolute atomic E-state index is 0.119. The summed E-state index contributed by atoms with van der Waals surface area (Å²) in [5.74, 6) is 0.145. The smallest absolute Gasteiger partial charge is 0.187 e. The second kappa shape index (κ2) is 15.6. The Hall–Kier alpha value is -4.31. The minimum Gasteiger partial charge on any atom is -0.454 e. The van der Waals surface area contributed by atoms with Gasteiger partial charge in [-0.2, -0.15) is 5.10 Å². The molecule has 3 aromatic rings. The fraction of sp³-hybridized carbons (Fsp3) is 0.250. The molecule has 0 saturated heterocycles. The fourth-order valence-corrected chi connectivity index (χ4v) is 4.68. The third-order valence-corrected chi connectivity index (χ3v) is 6.97. The second-order valence-corrected chi connectivity index (χ2v) is 10.6. The van der Waals surface area contributed by atoms with E-state index in [1.165, 1.54) is 29.2 Å². The number of Topliss-reactive ketones (excluding diaryl/α,β-unsaturated/α-hetero) is 1. The molecule has 42 heavy (non-hydrogen) atoms. The molecule has 1 unspecified atom stereocenters. The molecule has 0 aliphatic rings. The first-order valence-electron chi connectivity index (χ1n) is 13.4. The molecule has 0 spiro atoms. The molecule has 1 atom stereocenters. The van der Waals surface area contributed by atoms with Crippen LogP contribution in [0.1, 0.15) is 40.5 Å². The lowest BCUT2D eigenvalue weighted by molar-refractivity contribution is 0.0958. The quantitative estimate of drug-likeness (QED) is 0.0609. The normalized spacial score (nSPS) is 11.6. The number of hydrogen-bond acceptors (Lipinski definition) is 7. The van der Waals surface area contributed by atoms with E-state index in [9.17, 15) is 13.6 Å². The highest BCUT2D eigenvalue weighted by Gasteiger charge is 2.16. The van der Waals surface area contributed by atoms with Gasteiger partial charge in [-0.15, -0.1) is 0 Å². The second-order valence-electron chi connectivity index (χ2n) is 9.72. The number of rotatable bonds is 13. The van der Waals surface area contributed by atoms with Crippen LogP contribution >= 0.6 is 11.9 Å². The molecule has 0 saturated carbocycles. The Kier molecular flexibility index (Phi) is 12.0. The summed E-state index contributed by atoms with van der Waals surface area (Å²) in [7, 11) is 0. The number of aryl methyl sites for hydroxylation is 3. The number of nitrogens with two attached hydrogens (primary N) is 1. The summed E-state index contributed by atoms with van der Waals surface area (Å²) in [5.41, 5.74) is 10.6. The summed E-state index contributed by atoms with van der Waals surface area (Å²) in [6, 6.07) is 16.9. The number of anilines is 2. The van der Waals surface area contributed by atoms with Gasteiger partial charge in [-0.3, -0.25) is 9.18 Å². The molecule has 7 nitrogen and oxygen atoms in total. The molecule has 3 rings (SSSR count).